The molecule has 124 valence electrons. The Balaban J connectivity index is 2.06. The zero-order chi connectivity index (χ0) is 17.0. The molecule has 2 N–H and O–H groups in total. The van der Waals surface area contributed by atoms with Crippen molar-refractivity contribution < 1.29 is 22.4 Å². The monoisotopic (exact) mass is 344 g/mol. The zero-order valence-corrected chi connectivity index (χ0v) is 13.1. The van der Waals surface area contributed by atoms with Gasteiger partial charge in [-0.3, -0.25) is 4.79 Å². The summed E-state index contributed by atoms with van der Waals surface area (Å²) in [6, 6.07) is 4.58. The van der Waals surface area contributed by atoms with Gasteiger partial charge in [0.05, 0.1) is 16.5 Å². The Bertz CT molecular complexity index is 668. The molecule has 0 radical (unpaired) electrons. The van der Waals surface area contributed by atoms with Gasteiger partial charge in [0.15, 0.2) is 0 Å². The first-order chi connectivity index (χ1) is 10.8. The predicted octanol–water partition coefficient (Wildman–Crippen LogP) is 3.86. The van der Waals surface area contributed by atoms with E-state index in [9.17, 15) is 18.0 Å². The lowest BCUT2D eigenvalue weighted by molar-refractivity contribution is -0.137. The summed E-state index contributed by atoms with van der Waals surface area (Å²) in [5.74, 6) is 0.288. The van der Waals surface area contributed by atoms with E-state index in [0.29, 0.717) is 23.4 Å². The molecule has 1 unspecified atom stereocenters. The average molecular weight is 344 g/mol. The number of thioether (sulfide) groups is 1. The van der Waals surface area contributed by atoms with Crippen LogP contribution in [-0.4, -0.2) is 16.1 Å². The molecule has 0 bridgehead atoms. The minimum Gasteiger partial charge on any atom is -0.444 e. The Morgan fingerprint density at radius 2 is 2.00 bits per heavy atom. The minimum absolute atomic E-state index is 0.237. The fraction of sp³-hybridized carbons (Fsp3) is 0.333. The highest BCUT2D eigenvalue weighted by Crippen LogP contribution is 2.31. The highest BCUT2D eigenvalue weighted by atomic mass is 32.2. The molecule has 2 rings (SSSR count). The number of amides is 1. The highest BCUT2D eigenvalue weighted by Gasteiger charge is 2.30. The van der Waals surface area contributed by atoms with E-state index in [4.69, 9.17) is 10.2 Å². The number of benzene rings is 1. The Morgan fingerprint density at radius 3 is 2.52 bits per heavy atom. The van der Waals surface area contributed by atoms with Crippen LogP contribution in [0.4, 0.5) is 13.2 Å². The highest BCUT2D eigenvalue weighted by molar-refractivity contribution is 7.99. The number of hydrogen-bond acceptors (Lipinski definition) is 4. The van der Waals surface area contributed by atoms with Gasteiger partial charge in [-0.05, 0) is 30.7 Å². The van der Waals surface area contributed by atoms with Crippen LogP contribution < -0.4 is 5.73 Å². The molecule has 1 aromatic carbocycles. The van der Waals surface area contributed by atoms with E-state index in [1.807, 2.05) is 6.92 Å². The molecule has 1 atom stereocenters. The minimum atomic E-state index is -4.37. The zero-order valence-electron chi connectivity index (χ0n) is 12.3. The molecule has 0 fully saturated rings. The van der Waals surface area contributed by atoms with E-state index in [1.165, 1.54) is 30.2 Å². The molecular formula is C15H15F3N2O2S. The van der Waals surface area contributed by atoms with Crippen molar-refractivity contribution in [2.45, 2.75) is 30.5 Å². The van der Waals surface area contributed by atoms with E-state index >= 15 is 0 Å². The van der Waals surface area contributed by atoms with Crippen molar-refractivity contribution in [2.24, 2.45) is 5.73 Å². The molecular weight excluding hydrogens is 329 g/mol. The Kier molecular flexibility index (Phi) is 5.35. The van der Waals surface area contributed by atoms with E-state index < -0.39 is 11.7 Å². The van der Waals surface area contributed by atoms with Crippen LogP contribution in [-0.2, 0) is 16.7 Å². The van der Waals surface area contributed by atoms with Crippen LogP contribution >= 0.6 is 11.8 Å². The van der Waals surface area contributed by atoms with Crippen LogP contribution in [0.3, 0.4) is 0 Å². The van der Waals surface area contributed by atoms with Crippen molar-refractivity contribution in [3.05, 3.63) is 41.8 Å². The van der Waals surface area contributed by atoms with E-state index in [2.05, 4.69) is 4.98 Å². The maximum absolute atomic E-state index is 12.5. The summed E-state index contributed by atoms with van der Waals surface area (Å²) in [5, 5.41) is -0.304. The van der Waals surface area contributed by atoms with Gasteiger partial charge in [-0.1, -0.05) is 6.92 Å². The number of nitrogens with two attached hydrogens (primary N) is 1. The van der Waals surface area contributed by atoms with E-state index in [0.717, 1.165) is 12.1 Å². The molecule has 1 aromatic heterocycles. The molecule has 1 heterocycles. The van der Waals surface area contributed by atoms with Crippen LogP contribution in [0.2, 0.25) is 0 Å². The molecule has 2 aromatic rings. The van der Waals surface area contributed by atoms with Crippen LogP contribution in [0.25, 0.3) is 11.5 Å². The fourth-order valence-electron chi connectivity index (χ4n) is 1.89. The first kappa shape index (κ1) is 17.4. The molecule has 23 heavy (non-hydrogen) atoms. The number of aromatic nitrogens is 1. The fourth-order valence-corrected chi connectivity index (χ4v) is 2.80. The number of rotatable bonds is 6. The lowest BCUT2D eigenvalue weighted by Gasteiger charge is -2.08. The molecule has 0 spiro atoms. The Morgan fingerprint density at radius 1 is 1.35 bits per heavy atom. The number of hydrogen-bond donors (Lipinski definition) is 1. The first-order valence-electron chi connectivity index (χ1n) is 6.84. The standard InChI is InChI=1S/C15H15F3N2O2S/c1-2-12(13(19)21)23-8-11-7-22-14(20-11)9-3-5-10(6-4-9)15(16,17)18/h3-7,12H,2,8H2,1H3,(H2,19,21). The topological polar surface area (TPSA) is 69.1 Å². The first-order valence-corrected chi connectivity index (χ1v) is 7.89. The lowest BCUT2D eigenvalue weighted by atomic mass is 10.1. The molecule has 0 aliphatic rings. The van der Waals surface area contributed by atoms with Gasteiger partial charge in [0.1, 0.15) is 6.26 Å². The van der Waals surface area contributed by atoms with Crippen LogP contribution in [0.1, 0.15) is 24.6 Å². The van der Waals surface area contributed by atoms with Crippen molar-refractivity contribution in [2.75, 3.05) is 0 Å². The van der Waals surface area contributed by atoms with Gasteiger partial charge >= 0.3 is 6.18 Å². The third-order valence-corrected chi connectivity index (χ3v) is 4.56. The van der Waals surface area contributed by atoms with Crippen molar-refractivity contribution in [3.8, 4) is 11.5 Å². The van der Waals surface area contributed by atoms with Gasteiger partial charge in [0, 0.05) is 11.3 Å². The second-order valence-corrected chi connectivity index (χ2v) is 6.02. The van der Waals surface area contributed by atoms with Crippen molar-refractivity contribution in [1.29, 1.82) is 0 Å². The smallest absolute Gasteiger partial charge is 0.416 e. The van der Waals surface area contributed by atoms with E-state index in [1.54, 1.807) is 0 Å². The number of alkyl halides is 3. The summed E-state index contributed by atoms with van der Waals surface area (Å²) in [4.78, 5) is 15.4. The molecule has 4 nitrogen and oxygen atoms in total. The predicted molar refractivity (Wildman–Crippen MR) is 81.5 cm³/mol. The number of halogens is 3. The molecule has 0 saturated carbocycles. The molecule has 1 amide bonds. The van der Waals surface area contributed by atoms with Gasteiger partial charge in [0.2, 0.25) is 11.8 Å². The van der Waals surface area contributed by atoms with Gasteiger partial charge in [-0.25, -0.2) is 4.98 Å². The van der Waals surface area contributed by atoms with Crippen molar-refractivity contribution in [3.63, 3.8) is 0 Å². The normalized spacial score (nSPS) is 13.0. The number of primary amides is 1. The summed E-state index contributed by atoms with van der Waals surface area (Å²) in [5.41, 5.74) is 5.59. The molecule has 0 saturated heterocycles. The SMILES string of the molecule is CCC(SCc1coc(-c2ccc(C(F)(F)F)cc2)n1)C(N)=O. The summed E-state index contributed by atoms with van der Waals surface area (Å²) in [6.45, 7) is 1.86. The third kappa shape index (κ3) is 4.51. The molecule has 0 aliphatic heterocycles. The van der Waals surface area contributed by atoms with Crippen molar-refractivity contribution in [1.82, 2.24) is 4.98 Å². The summed E-state index contributed by atoms with van der Waals surface area (Å²) >= 11 is 1.35. The number of nitrogens with zero attached hydrogens (tertiary/aromatic N) is 1. The maximum Gasteiger partial charge on any atom is 0.416 e. The second kappa shape index (κ2) is 7.08. The van der Waals surface area contributed by atoms with Gasteiger partial charge in [-0.2, -0.15) is 13.2 Å². The Hall–Kier alpha value is -1.96. The third-order valence-electron chi connectivity index (χ3n) is 3.13. The van der Waals surface area contributed by atoms with Gasteiger partial charge in [0.25, 0.3) is 0 Å². The average Bonchev–Trinajstić information content (AvgIpc) is 2.96. The summed E-state index contributed by atoms with van der Waals surface area (Å²) in [6.07, 6.45) is -2.34. The second-order valence-electron chi connectivity index (χ2n) is 4.83. The van der Waals surface area contributed by atoms with Crippen LogP contribution in [0.15, 0.2) is 34.9 Å². The maximum atomic E-state index is 12.5. The number of oxazole rings is 1. The van der Waals surface area contributed by atoms with Crippen LogP contribution in [0.5, 0.6) is 0 Å². The molecule has 8 heteroatoms. The van der Waals surface area contributed by atoms with Crippen LogP contribution in [0, 0.1) is 0 Å². The van der Waals surface area contributed by atoms with Gasteiger partial charge < -0.3 is 10.2 Å². The number of carbonyl (C=O) groups excluding carboxylic acids is 1. The van der Waals surface area contributed by atoms with Gasteiger partial charge in [-0.15, -0.1) is 11.8 Å². The molecule has 0 aliphatic carbocycles. The summed E-state index contributed by atoms with van der Waals surface area (Å²) in [7, 11) is 0. The lowest BCUT2D eigenvalue weighted by Crippen LogP contribution is -2.25. The largest absolute Gasteiger partial charge is 0.444 e. The van der Waals surface area contributed by atoms with E-state index in [-0.39, 0.29) is 17.0 Å². The number of carbonyl (C=O) groups is 1. The van der Waals surface area contributed by atoms with Crippen molar-refractivity contribution >= 4 is 17.7 Å². The Labute approximate surface area is 135 Å². The summed E-state index contributed by atoms with van der Waals surface area (Å²) < 4.78 is 42.8. The quantitative estimate of drug-likeness (QED) is 0.864.